The molecule has 0 spiro atoms. The van der Waals surface area contributed by atoms with E-state index >= 15 is 0 Å². The molecule has 0 saturated carbocycles. The molecular weight excluding hydrogens is 442 g/mol. The van der Waals surface area contributed by atoms with E-state index in [1.54, 1.807) is 29.3 Å². The normalized spacial score (nSPS) is 12.4. The van der Waals surface area contributed by atoms with Crippen LogP contribution in [0.15, 0.2) is 72.4 Å². The first-order chi connectivity index (χ1) is 17.0. The van der Waals surface area contributed by atoms with Crippen LogP contribution in [0, 0.1) is 16.9 Å². The van der Waals surface area contributed by atoms with Gasteiger partial charge in [0.15, 0.2) is 11.5 Å². The van der Waals surface area contributed by atoms with Crippen molar-refractivity contribution in [2.75, 3.05) is 11.9 Å². The predicted octanol–water partition coefficient (Wildman–Crippen LogP) is 4.16. The molecule has 0 saturated heterocycles. The van der Waals surface area contributed by atoms with Crippen LogP contribution in [0.1, 0.15) is 36.6 Å². The van der Waals surface area contributed by atoms with E-state index in [4.69, 9.17) is 10.8 Å². The van der Waals surface area contributed by atoms with Crippen LogP contribution >= 0.6 is 0 Å². The molecule has 4 N–H and O–H groups in total. The number of aromatic nitrogens is 4. The maximum absolute atomic E-state index is 9.84. The van der Waals surface area contributed by atoms with E-state index in [1.807, 2.05) is 50.2 Å². The number of pyridine rings is 2. The molecule has 0 aliphatic carbocycles. The van der Waals surface area contributed by atoms with Crippen LogP contribution in [-0.4, -0.2) is 37.5 Å². The van der Waals surface area contributed by atoms with Crippen LogP contribution in [0.2, 0.25) is 0 Å². The smallest absolute Gasteiger partial charge is 0.164 e. The summed E-state index contributed by atoms with van der Waals surface area (Å²) < 4.78 is 1.60. The van der Waals surface area contributed by atoms with Crippen LogP contribution < -0.4 is 10.6 Å². The van der Waals surface area contributed by atoms with Crippen molar-refractivity contribution < 1.29 is 5.11 Å². The second-order valence-corrected chi connectivity index (χ2v) is 8.15. The van der Waals surface area contributed by atoms with Gasteiger partial charge in [-0.2, -0.15) is 20.2 Å². The Bertz CT molecular complexity index is 1400. The lowest BCUT2D eigenvalue weighted by Gasteiger charge is -2.18. The van der Waals surface area contributed by atoms with E-state index in [1.165, 1.54) is 6.20 Å². The Morgan fingerprint density at radius 3 is 2.69 bits per heavy atom. The number of anilines is 1. The van der Waals surface area contributed by atoms with Gasteiger partial charge in [-0.3, -0.25) is 0 Å². The summed E-state index contributed by atoms with van der Waals surface area (Å²) in [6.45, 7) is 3.90. The minimum atomic E-state index is -0.346. The maximum Gasteiger partial charge on any atom is 0.164 e. The molecule has 4 rings (SSSR count). The van der Waals surface area contributed by atoms with E-state index in [0.717, 1.165) is 10.9 Å². The van der Waals surface area contributed by atoms with Crippen LogP contribution in [0.5, 0.6) is 0 Å². The van der Waals surface area contributed by atoms with Gasteiger partial charge in [-0.25, -0.2) is 15.5 Å². The van der Waals surface area contributed by atoms with Gasteiger partial charge in [-0.05, 0) is 25.5 Å². The number of hydrogen-bond acceptors (Lipinski definition) is 9. The summed E-state index contributed by atoms with van der Waals surface area (Å²) in [4.78, 5) is 8.91. The minimum absolute atomic E-state index is 0.101. The zero-order valence-electron chi connectivity index (χ0n) is 19.3. The predicted molar refractivity (Wildman–Crippen MR) is 133 cm³/mol. The number of nitrogens with zero attached hydrogens (tertiary/aromatic N) is 6. The lowest BCUT2D eigenvalue weighted by molar-refractivity contribution is 0.254. The number of nitriles is 1. The Labute approximate surface area is 202 Å². The zero-order chi connectivity index (χ0) is 24.8. The molecule has 0 aliphatic rings. The minimum Gasteiger partial charge on any atom is -0.394 e. The second kappa shape index (κ2) is 10.5. The molecular formula is C25H25N9O. The second-order valence-electron chi connectivity index (χ2n) is 8.15. The quantitative estimate of drug-likeness (QED) is 0.270. The number of nitrogens with one attached hydrogen (secondary N) is 3. The molecule has 0 fully saturated rings. The summed E-state index contributed by atoms with van der Waals surface area (Å²) in [7, 11) is 0. The molecule has 35 heavy (non-hydrogen) atoms. The summed E-state index contributed by atoms with van der Waals surface area (Å²) in [5, 5.41) is 34.3. The van der Waals surface area contributed by atoms with Crippen LogP contribution in [0.3, 0.4) is 0 Å². The Morgan fingerprint density at radius 2 is 2.00 bits per heavy atom. The van der Waals surface area contributed by atoms with Crippen molar-refractivity contribution in [3.05, 3.63) is 83.9 Å². The summed E-state index contributed by atoms with van der Waals surface area (Å²) >= 11 is 0. The van der Waals surface area contributed by atoms with Gasteiger partial charge < -0.3 is 15.7 Å². The summed E-state index contributed by atoms with van der Waals surface area (Å²) in [5.41, 5.74) is 11.4. The first-order valence-electron chi connectivity index (χ1n) is 11.0. The number of fused-ring (bicyclic) bond motifs is 1. The van der Waals surface area contributed by atoms with Crippen molar-refractivity contribution in [3.8, 4) is 11.9 Å². The standard InChI is InChI=1S/C25H25N9O/c1-16(2)32-21-9-24(34-25-19(12-31-34)8-17(10-26)11-30-25)29-13-20(21)22(33-27)14-28-23(15-35)18-6-4-3-5-7-18/h3-9,11-14,16,23,27-28,35H,15H2,1-2H3,(H,29,32)/b22-14-,33-27?/t23-/m0/s1. The van der Waals surface area contributed by atoms with Gasteiger partial charge in [0.25, 0.3) is 0 Å². The number of benzene rings is 1. The average Bonchev–Trinajstić information content (AvgIpc) is 3.30. The van der Waals surface area contributed by atoms with E-state index in [0.29, 0.717) is 34.0 Å². The largest absolute Gasteiger partial charge is 0.394 e. The Kier molecular flexibility index (Phi) is 7.09. The van der Waals surface area contributed by atoms with Gasteiger partial charge in [0.2, 0.25) is 0 Å². The number of aliphatic hydroxyl groups is 1. The molecule has 0 bridgehead atoms. The first-order valence-corrected chi connectivity index (χ1v) is 11.0. The van der Waals surface area contributed by atoms with E-state index < -0.39 is 0 Å². The molecule has 0 amide bonds. The third kappa shape index (κ3) is 5.15. The Balaban J connectivity index is 1.71. The van der Waals surface area contributed by atoms with Crippen molar-refractivity contribution in [2.45, 2.75) is 25.9 Å². The van der Waals surface area contributed by atoms with Gasteiger partial charge in [0, 0.05) is 47.3 Å². The highest BCUT2D eigenvalue weighted by Crippen LogP contribution is 2.28. The molecule has 1 aromatic carbocycles. The molecule has 3 aromatic heterocycles. The highest BCUT2D eigenvalue weighted by atomic mass is 16.3. The number of rotatable bonds is 9. The van der Waals surface area contributed by atoms with Crippen LogP contribution in [0.4, 0.5) is 5.69 Å². The highest BCUT2D eigenvalue weighted by Gasteiger charge is 2.16. The average molecular weight is 468 g/mol. The third-order valence-electron chi connectivity index (χ3n) is 5.29. The molecule has 176 valence electrons. The van der Waals surface area contributed by atoms with Crippen molar-refractivity contribution in [1.29, 1.82) is 10.8 Å². The van der Waals surface area contributed by atoms with Crippen molar-refractivity contribution in [2.24, 2.45) is 5.11 Å². The molecule has 0 aliphatic heterocycles. The Morgan fingerprint density at radius 1 is 1.20 bits per heavy atom. The summed E-state index contributed by atoms with van der Waals surface area (Å²) in [6, 6.07) is 14.9. The SMILES string of the molecule is CC(C)Nc1cc(-n2ncc3cc(C#N)cnc32)ncc1/C(=C/N[C@@H](CO)c1ccccc1)N=N. The fraction of sp³-hybridized carbons (Fsp3) is 0.200. The van der Waals surface area contributed by atoms with Gasteiger partial charge in [-0.15, -0.1) is 0 Å². The van der Waals surface area contributed by atoms with E-state index in [-0.39, 0.29) is 18.7 Å². The van der Waals surface area contributed by atoms with E-state index in [2.05, 4.69) is 36.9 Å². The van der Waals surface area contributed by atoms with Gasteiger partial charge in [-0.1, -0.05) is 30.3 Å². The Hall–Kier alpha value is -4.62. The highest BCUT2D eigenvalue weighted by molar-refractivity contribution is 5.79. The van der Waals surface area contributed by atoms with Crippen molar-refractivity contribution >= 4 is 22.4 Å². The monoisotopic (exact) mass is 467 g/mol. The lowest BCUT2D eigenvalue weighted by Crippen LogP contribution is -2.20. The zero-order valence-corrected chi connectivity index (χ0v) is 19.3. The summed E-state index contributed by atoms with van der Waals surface area (Å²) in [6.07, 6.45) is 6.37. The topological polar surface area (TPSA) is 148 Å². The van der Waals surface area contributed by atoms with Crippen LogP contribution in [-0.2, 0) is 0 Å². The lowest BCUT2D eigenvalue weighted by atomic mass is 10.1. The fourth-order valence-electron chi connectivity index (χ4n) is 3.63. The molecule has 3 heterocycles. The molecule has 0 radical (unpaired) electrons. The van der Waals surface area contributed by atoms with E-state index in [9.17, 15) is 5.11 Å². The van der Waals surface area contributed by atoms with Gasteiger partial charge in [0.05, 0.1) is 24.4 Å². The maximum atomic E-state index is 9.84. The number of aliphatic hydroxyl groups excluding tert-OH is 1. The molecule has 10 heteroatoms. The van der Waals surface area contributed by atoms with Crippen molar-refractivity contribution in [1.82, 2.24) is 25.1 Å². The third-order valence-corrected chi connectivity index (χ3v) is 5.29. The van der Waals surface area contributed by atoms with Crippen molar-refractivity contribution in [3.63, 3.8) is 0 Å². The molecule has 4 aromatic rings. The van der Waals surface area contributed by atoms with Crippen LogP contribution in [0.25, 0.3) is 22.5 Å². The molecule has 10 nitrogen and oxygen atoms in total. The first kappa shape index (κ1) is 23.5. The summed E-state index contributed by atoms with van der Waals surface area (Å²) in [5.74, 6) is 0.527. The fourth-order valence-corrected chi connectivity index (χ4v) is 3.63. The van der Waals surface area contributed by atoms with Gasteiger partial charge >= 0.3 is 0 Å². The van der Waals surface area contributed by atoms with Gasteiger partial charge in [0.1, 0.15) is 11.8 Å². The molecule has 0 unspecified atom stereocenters. The number of hydrogen-bond donors (Lipinski definition) is 4. The molecule has 1 atom stereocenters.